The Hall–Kier alpha value is -2.26. The quantitative estimate of drug-likeness (QED) is 0.642. The van der Waals surface area contributed by atoms with Gasteiger partial charge in [-0.15, -0.1) is 0 Å². The molecule has 1 aromatic heterocycles. The molecule has 2 aromatic rings. The maximum Gasteiger partial charge on any atom is 0.408 e. The fourth-order valence-electron chi connectivity index (χ4n) is 1.61. The van der Waals surface area contributed by atoms with Gasteiger partial charge in [0.15, 0.2) is 0 Å². The minimum absolute atomic E-state index is 0.524. The molecule has 0 aliphatic carbocycles. The lowest BCUT2D eigenvalue weighted by Gasteiger charge is -2.12. The van der Waals surface area contributed by atoms with Gasteiger partial charge >= 0.3 is 5.13 Å². The summed E-state index contributed by atoms with van der Waals surface area (Å²) in [5.74, 6) is 0. The van der Waals surface area contributed by atoms with Crippen molar-refractivity contribution >= 4 is 27.8 Å². The second-order valence-corrected chi connectivity index (χ2v) is 5.46. The number of aryl methyl sites for hydroxylation is 1. The number of anilines is 1. The van der Waals surface area contributed by atoms with E-state index in [0.29, 0.717) is 11.3 Å². The monoisotopic (exact) mass is 286 g/mol. The van der Waals surface area contributed by atoms with Gasteiger partial charge in [-0.1, -0.05) is 0 Å². The van der Waals surface area contributed by atoms with Crippen LogP contribution in [0.3, 0.4) is 0 Å². The van der Waals surface area contributed by atoms with E-state index < -0.39 is 0 Å². The third-order valence-corrected chi connectivity index (χ3v) is 4.04. The molecule has 0 aliphatic rings. The third-order valence-electron chi connectivity index (χ3n) is 3.01. The number of azo groups is 1. The minimum Gasteiger partial charge on any atom is -0.378 e. The van der Waals surface area contributed by atoms with Crippen molar-refractivity contribution in [2.24, 2.45) is 17.3 Å². The van der Waals surface area contributed by atoms with Crippen LogP contribution in [-0.4, -0.2) is 14.1 Å². The van der Waals surface area contributed by atoms with Crippen molar-refractivity contribution in [1.82, 2.24) is 0 Å². The predicted octanol–water partition coefficient (Wildman–Crippen LogP) is 3.23. The fourth-order valence-corrected chi connectivity index (χ4v) is 2.44. The summed E-state index contributed by atoms with van der Waals surface area (Å²) in [6, 6.07) is 7.72. The largest absolute Gasteiger partial charge is 0.408 e. The second-order valence-electron chi connectivity index (χ2n) is 4.63. The van der Waals surface area contributed by atoms with Gasteiger partial charge in [0, 0.05) is 25.2 Å². The molecule has 0 fully saturated rings. The highest BCUT2D eigenvalue weighted by Gasteiger charge is 2.13. The summed E-state index contributed by atoms with van der Waals surface area (Å²) in [6.45, 7) is 2.02. The van der Waals surface area contributed by atoms with Crippen LogP contribution in [0, 0.1) is 18.3 Å². The maximum atomic E-state index is 9.21. The van der Waals surface area contributed by atoms with Crippen molar-refractivity contribution < 1.29 is 4.57 Å². The van der Waals surface area contributed by atoms with E-state index >= 15 is 0 Å². The zero-order valence-electron chi connectivity index (χ0n) is 12.0. The first-order valence-electron chi connectivity index (χ1n) is 6.10. The fraction of sp³-hybridized carbons (Fsp3) is 0.286. The highest BCUT2D eigenvalue weighted by Crippen LogP contribution is 2.26. The molecular weight excluding hydrogens is 270 g/mol. The van der Waals surface area contributed by atoms with Crippen LogP contribution in [0.25, 0.3) is 0 Å². The number of thiazole rings is 1. The molecule has 5 nitrogen and oxygen atoms in total. The minimum atomic E-state index is 0.524. The molecule has 0 spiro atoms. The predicted molar refractivity (Wildman–Crippen MR) is 79.9 cm³/mol. The topological polar surface area (TPSA) is 55.6 Å². The Morgan fingerprint density at radius 3 is 2.60 bits per heavy atom. The molecule has 0 bridgehead atoms. The average Bonchev–Trinajstić information content (AvgIpc) is 2.76. The van der Waals surface area contributed by atoms with Gasteiger partial charge in [0.2, 0.25) is 0 Å². The maximum absolute atomic E-state index is 9.21. The molecule has 102 valence electrons. The number of hydrogen-bond acceptors (Lipinski definition) is 5. The molecular formula is C14H16N5S+. The van der Waals surface area contributed by atoms with E-state index in [1.807, 2.05) is 61.1 Å². The third kappa shape index (κ3) is 2.83. The molecule has 6 heteroatoms. The van der Waals surface area contributed by atoms with Gasteiger partial charge in [-0.05, 0) is 41.6 Å². The number of nitriles is 1. The van der Waals surface area contributed by atoms with Crippen molar-refractivity contribution in [3.63, 3.8) is 0 Å². The molecule has 0 amide bonds. The molecule has 1 heterocycles. The Morgan fingerprint density at radius 1 is 1.30 bits per heavy atom. The van der Waals surface area contributed by atoms with Crippen LogP contribution in [0.4, 0.5) is 16.5 Å². The summed E-state index contributed by atoms with van der Waals surface area (Å²) in [7, 11) is 5.82. The van der Waals surface area contributed by atoms with Crippen molar-refractivity contribution in [1.29, 1.82) is 5.26 Å². The van der Waals surface area contributed by atoms with E-state index in [9.17, 15) is 5.26 Å². The van der Waals surface area contributed by atoms with E-state index in [-0.39, 0.29) is 0 Å². The van der Waals surface area contributed by atoms with Crippen LogP contribution in [0.2, 0.25) is 0 Å². The van der Waals surface area contributed by atoms with Gasteiger partial charge in [0.05, 0.1) is 17.7 Å². The van der Waals surface area contributed by atoms with E-state index in [0.717, 1.165) is 16.5 Å². The molecule has 0 unspecified atom stereocenters. The van der Waals surface area contributed by atoms with Gasteiger partial charge in [-0.25, -0.2) is 4.57 Å². The molecule has 0 saturated heterocycles. The summed E-state index contributed by atoms with van der Waals surface area (Å²) < 4.78 is 1.97. The van der Waals surface area contributed by atoms with Crippen molar-refractivity contribution in [3.05, 3.63) is 34.8 Å². The van der Waals surface area contributed by atoms with Gasteiger partial charge in [0.1, 0.15) is 17.5 Å². The van der Waals surface area contributed by atoms with E-state index in [2.05, 4.69) is 16.3 Å². The Labute approximate surface area is 122 Å². The highest BCUT2D eigenvalue weighted by molar-refractivity contribution is 7.12. The SMILES string of the molecule is Cc1csc(N=Nc2ccc(N(C)C)cc2C#N)[n+]1C. The van der Waals surface area contributed by atoms with Crippen LogP contribution in [0.15, 0.2) is 33.8 Å². The number of aromatic nitrogens is 1. The standard InChI is InChI=1S/C14H16N5S/c1-10-9-20-14(19(10)4)17-16-13-6-5-12(18(2)3)7-11(13)8-15/h5-7,9H,1-4H3/q+1. The normalized spacial score (nSPS) is 10.8. The van der Waals surface area contributed by atoms with E-state index in [1.54, 1.807) is 0 Å². The lowest BCUT2D eigenvalue weighted by atomic mass is 10.1. The molecule has 2 rings (SSSR count). The summed E-state index contributed by atoms with van der Waals surface area (Å²) >= 11 is 1.53. The van der Waals surface area contributed by atoms with E-state index in [4.69, 9.17) is 0 Å². The summed E-state index contributed by atoms with van der Waals surface area (Å²) in [6.07, 6.45) is 0. The highest BCUT2D eigenvalue weighted by atomic mass is 32.1. The van der Waals surface area contributed by atoms with Crippen molar-refractivity contribution in [2.75, 3.05) is 19.0 Å². The lowest BCUT2D eigenvalue weighted by molar-refractivity contribution is -0.660. The summed E-state index contributed by atoms with van der Waals surface area (Å²) in [5.41, 5.74) is 3.21. The summed E-state index contributed by atoms with van der Waals surface area (Å²) in [4.78, 5) is 1.95. The molecule has 0 N–H and O–H groups in total. The lowest BCUT2D eigenvalue weighted by Crippen LogP contribution is -2.28. The molecule has 0 aliphatic heterocycles. The van der Waals surface area contributed by atoms with Crippen molar-refractivity contribution in [2.45, 2.75) is 6.92 Å². The first-order valence-corrected chi connectivity index (χ1v) is 6.98. The second kappa shape index (κ2) is 5.80. The molecule has 0 atom stereocenters. The smallest absolute Gasteiger partial charge is 0.378 e. The molecule has 1 aromatic carbocycles. The van der Waals surface area contributed by atoms with Gasteiger partial charge in [-0.2, -0.15) is 5.26 Å². The number of benzene rings is 1. The Balaban J connectivity index is 2.34. The first-order chi connectivity index (χ1) is 9.52. The van der Waals surface area contributed by atoms with Crippen LogP contribution >= 0.6 is 11.3 Å². The Kier molecular flexibility index (Phi) is 4.11. The van der Waals surface area contributed by atoms with E-state index in [1.165, 1.54) is 11.3 Å². The molecule has 0 saturated carbocycles. The summed E-state index contributed by atoms with van der Waals surface area (Å²) in [5, 5.41) is 20.5. The number of rotatable bonds is 3. The zero-order valence-corrected chi connectivity index (χ0v) is 12.8. The van der Waals surface area contributed by atoms with Gasteiger partial charge in [0.25, 0.3) is 0 Å². The van der Waals surface area contributed by atoms with Crippen LogP contribution in [0.5, 0.6) is 0 Å². The van der Waals surface area contributed by atoms with Crippen LogP contribution < -0.4 is 9.47 Å². The van der Waals surface area contributed by atoms with Crippen LogP contribution in [0.1, 0.15) is 11.3 Å². The number of hydrogen-bond donors (Lipinski definition) is 0. The zero-order chi connectivity index (χ0) is 14.7. The van der Waals surface area contributed by atoms with Gasteiger partial charge in [-0.3, -0.25) is 0 Å². The Morgan fingerprint density at radius 2 is 2.05 bits per heavy atom. The first kappa shape index (κ1) is 14.2. The molecule has 0 radical (unpaired) electrons. The van der Waals surface area contributed by atoms with Crippen molar-refractivity contribution in [3.8, 4) is 6.07 Å². The average molecular weight is 286 g/mol. The molecule has 20 heavy (non-hydrogen) atoms. The number of nitrogens with zero attached hydrogens (tertiary/aromatic N) is 5. The van der Waals surface area contributed by atoms with Crippen LogP contribution in [-0.2, 0) is 7.05 Å². The van der Waals surface area contributed by atoms with Gasteiger partial charge < -0.3 is 4.90 Å². The Bertz CT molecular complexity index is 694.